The summed E-state index contributed by atoms with van der Waals surface area (Å²) in [5, 5.41) is 9.06. The standard InChI is InChI=1S/C21H21BrN6OS/c22-19-18(12-24-15-5-7-30(29)8-6-15)27-21-16(11-26-28(21)20(19)23)14-9-13-3-1-2-4-17(13)25-10-14/h1-4,9-11,15,24H,5-8,12,23H2. The summed E-state index contributed by atoms with van der Waals surface area (Å²) in [4.78, 5) is 9.44. The number of pyridine rings is 1. The predicted octanol–water partition coefficient (Wildman–Crippen LogP) is 3.29. The number of aromatic nitrogens is 4. The van der Waals surface area contributed by atoms with Crippen molar-refractivity contribution in [2.45, 2.75) is 25.4 Å². The summed E-state index contributed by atoms with van der Waals surface area (Å²) in [5.41, 5.74) is 10.7. The van der Waals surface area contributed by atoms with Crippen molar-refractivity contribution in [1.29, 1.82) is 0 Å². The number of benzene rings is 1. The van der Waals surface area contributed by atoms with Gasteiger partial charge in [0.1, 0.15) is 5.82 Å². The van der Waals surface area contributed by atoms with E-state index < -0.39 is 10.8 Å². The molecule has 0 unspecified atom stereocenters. The average Bonchev–Trinajstić information content (AvgIpc) is 3.20. The van der Waals surface area contributed by atoms with Gasteiger partial charge in [0.15, 0.2) is 5.65 Å². The van der Waals surface area contributed by atoms with E-state index in [1.165, 1.54) is 0 Å². The molecule has 30 heavy (non-hydrogen) atoms. The minimum atomic E-state index is -0.667. The third-order valence-corrected chi connectivity index (χ3v) is 7.78. The van der Waals surface area contributed by atoms with Gasteiger partial charge < -0.3 is 11.1 Å². The van der Waals surface area contributed by atoms with Gasteiger partial charge in [-0.1, -0.05) is 18.2 Å². The van der Waals surface area contributed by atoms with Crippen LogP contribution < -0.4 is 11.1 Å². The first-order valence-electron chi connectivity index (χ1n) is 9.85. The molecule has 3 N–H and O–H groups in total. The summed E-state index contributed by atoms with van der Waals surface area (Å²) in [6.45, 7) is 0.583. The molecule has 4 heterocycles. The first kappa shape index (κ1) is 19.6. The van der Waals surface area contributed by atoms with Crippen LogP contribution in [0.2, 0.25) is 0 Å². The zero-order chi connectivity index (χ0) is 20.7. The van der Waals surface area contributed by atoms with E-state index >= 15 is 0 Å². The number of nitrogens with zero attached hydrogens (tertiary/aromatic N) is 4. The molecule has 0 spiro atoms. The van der Waals surface area contributed by atoms with Crippen LogP contribution in [-0.4, -0.2) is 41.3 Å². The van der Waals surface area contributed by atoms with Crippen LogP contribution in [0.15, 0.2) is 47.2 Å². The molecule has 5 rings (SSSR count). The van der Waals surface area contributed by atoms with Gasteiger partial charge in [-0.3, -0.25) is 9.19 Å². The molecule has 0 saturated carbocycles. The largest absolute Gasteiger partial charge is 0.383 e. The van der Waals surface area contributed by atoms with Crippen molar-refractivity contribution in [3.8, 4) is 11.1 Å². The molecule has 0 radical (unpaired) electrons. The lowest BCUT2D eigenvalue weighted by Crippen LogP contribution is -2.35. The third-order valence-electron chi connectivity index (χ3n) is 5.54. The Balaban J connectivity index is 1.50. The molecule has 9 heteroatoms. The zero-order valence-electron chi connectivity index (χ0n) is 16.2. The van der Waals surface area contributed by atoms with E-state index in [2.05, 4.69) is 37.4 Å². The first-order valence-corrected chi connectivity index (χ1v) is 12.1. The minimum Gasteiger partial charge on any atom is -0.383 e. The molecule has 1 aliphatic rings. The van der Waals surface area contributed by atoms with Gasteiger partial charge in [-0.25, -0.2) is 4.98 Å². The second kappa shape index (κ2) is 8.05. The average molecular weight is 485 g/mol. The second-order valence-electron chi connectivity index (χ2n) is 7.47. The molecule has 0 atom stereocenters. The smallest absolute Gasteiger partial charge is 0.165 e. The Kier molecular flexibility index (Phi) is 5.26. The van der Waals surface area contributed by atoms with Crippen LogP contribution >= 0.6 is 15.9 Å². The van der Waals surface area contributed by atoms with Crippen LogP contribution in [-0.2, 0) is 17.3 Å². The van der Waals surface area contributed by atoms with E-state index in [-0.39, 0.29) is 0 Å². The van der Waals surface area contributed by atoms with Crippen molar-refractivity contribution in [2.75, 3.05) is 17.2 Å². The number of anilines is 1. The highest BCUT2D eigenvalue weighted by Crippen LogP contribution is 2.30. The van der Waals surface area contributed by atoms with Gasteiger partial charge in [0.2, 0.25) is 0 Å². The van der Waals surface area contributed by atoms with Crippen molar-refractivity contribution in [3.05, 3.63) is 52.9 Å². The third kappa shape index (κ3) is 3.61. The number of hydrogen-bond acceptors (Lipinski definition) is 6. The molecule has 154 valence electrons. The summed E-state index contributed by atoms with van der Waals surface area (Å²) < 4.78 is 14.0. The van der Waals surface area contributed by atoms with Gasteiger partial charge in [-0.2, -0.15) is 9.61 Å². The fraction of sp³-hybridized carbons (Fsp3) is 0.286. The predicted molar refractivity (Wildman–Crippen MR) is 124 cm³/mol. The Bertz CT molecular complexity index is 1260. The lowest BCUT2D eigenvalue weighted by atomic mass is 10.1. The van der Waals surface area contributed by atoms with Crippen LogP contribution in [0.3, 0.4) is 0 Å². The Morgan fingerprint density at radius 3 is 2.87 bits per heavy atom. The van der Waals surface area contributed by atoms with Gasteiger partial charge in [0.25, 0.3) is 0 Å². The molecule has 1 aromatic carbocycles. The van der Waals surface area contributed by atoms with E-state index in [1.807, 2.05) is 30.5 Å². The first-order chi connectivity index (χ1) is 14.6. The van der Waals surface area contributed by atoms with Gasteiger partial charge in [0, 0.05) is 57.6 Å². The highest BCUT2D eigenvalue weighted by molar-refractivity contribution is 9.10. The molecule has 3 aromatic heterocycles. The molecule has 0 aliphatic carbocycles. The minimum absolute atomic E-state index is 0.350. The van der Waals surface area contributed by atoms with Gasteiger partial charge in [0.05, 0.1) is 21.9 Å². The Morgan fingerprint density at radius 1 is 1.23 bits per heavy atom. The van der Waals surface area contributed by atoms with E-state index in [9.17, 15) is 4.21 Å². The fourth-order valence-electron chi connectivity index (χ4n) is 3.82. The maximum atomic E-state index is 11.6. The molecule has 0 amide bonds. The maximum Gasteiger partial charge on any atom is 0.165 e. The lowest BCUT2D eigenvalue weighted by molar-refractivity contribution is 0.471. The molecule has 4 aromatic rings. The number of nitrogen functional groups attached to an aromatic ring is 1. The monoisotopic (exact) mass is 484 g/mol. The quantitative estimate of drug-likeness (QED) is 0.461. The molecule has 0 bridgehead atoms. The van der Waals surface area contributed by atoms with Crippen molar-refractivity contribution in [3.63, 3.8) is 0 Å². The highest BCUT2D eigenvalue weighted by atomic mass is 79.9. The van der Waals surface area contributed by atoms with E-state index in [0.717, 1.165) is 56.5 Å². The summed E-state index contributed by atoms with van der Waals surface area (Å²) in [5.74, 6) is 2.03. The van der Waals surface area contributed by atoms with Gasteiger partial charge in [-0.05, 0) is 40.9 Å². The number of nitrogens with two attached hydrogens (primary N) is 1. The van der Waals surface area contributed by atoms with Crippen LogP contribution in [0.5, 0.6) is 0 Å². The number of fused-ring (bicyclic) bond motifs is 2. The number of hydrogen-bond donors (Lipinski definition) is 2. The summed E-state index contributed by atoms with van der Waals surface area (Å²) in [7, 11) is -0.667. The lowest BCUT2D eigenvalue weighted by Gasteiger charge is -2.22. The Labute approximate surface area is 184 Å². The topological polar surface area (TPSA) is 98.2 Å². The van der Waals surface area contributed by atoms with E-state index in [1.54, 1.807) is 10.7 Å². The summed E-state index contributed by atoms with van der Waals surface area (Å²) in [6, 6.07) is 10.5. The van der Waals surface area contributed by atoms with Gasteiger partial charge >= 0.3 is 0 Å². The van der Waals surface area contributed by atoms with E-state index in [4.69, 9.17) is 10.7 Å². The van der Waals surface area contributed by atoms with Crippen LogP contribution in [0.1, 0.15) is 18.5 Å². The number of halogens is 1. The van der Waals surface area contributed by atoms with Crippen LogP contribution in [0.4, 0.5) is 5.82 Å². The number of para-hydroxylation sites is 1. The van der Waals surface area contributed by atoms with Crippen LogP contribution in [0, 0.1) is 0 Å². The molecule has 1 saturated heterocycles. The molecular weight excluding hydrogens is 464 g/mol. The Hall–Kier alpha value is -2.36. The second-order valence-corrected chi connectivity index (χ2v) is 9.96. The highest BCUT2D eigenvalue weighted by Gasteiger charge is 2.20. The molecular formula is C21H21BrN6OS. The van der Waals surface area contributed by atoms with Crippen molar-refractivity contribution >= 4 is 49.1 Å². The molecule has 7 nitrogen and oxygen atoms in total. The van der Waals surface area contributed by atoms with Crippen molar-refractivity contribution in [1.82, 2.24) is 24.9 Å². The maximum absolute atomic E-state index is 11.6. The summed E-state index contributed by atoms with van der Waals surface area (Å²) >= 11 is 3.58. The summed E-state index contributed by atoms with van der Waals surface area (Å²) in [6.07, 6.45) is 5.47. The van der Waals surface area contributed by atoms with Crippen molar-refractivity contribution in [2.24, 2.45) is 0 Å². The zero-order valence-corrected chi connectivity index (χ0v) is 18.6. The normalized spacial score (nSPS) is 19.5. The molecule has 1 fully saturated rings. The molecule has 1 aliphatic heterocycles. The SMILES string of the molecule is Nc1c(Br)c(CNC2CCS(=O)CC2)nc2c(-c3cnc4ccccc4c3)cnn12. The number of nitrogens with one attached hydrogen (secondary N) is 1. The van der Waals surface area contributed by atoms with E-state index in [0.29, 0.717) is 24.1 Å². The Morgan fingerprint density at radius 2 is 2.03 bits per heavy atom. The number of rotatable bonds is 4. The van der Waals surface area contributed by atoms with Gasteiger partial charge in [-0.15, -0.1) is 0 Å². The fourth-order valence-corrected chi connectivity index (χ4v) is 5.52. The van der Waals surface area contributed by atoms with Crippen LogP contribution in [0.25, 0.3) is 27.7 Å². The van der Waals surface area contributed by atoms with Crippen molar-refractivity contribution < 1.29 is 4.21 Å².